The molecule has 0 saturated carbocycles. The van der Waals surface area contributed by atoms with Gasteiger partial charge in [-0.1, -0.05) is 6.07 Å². The fourth-order valence-corrected chi connectivity index (χ4v) is 2.62. The molecule has 1 aliphatic rings. The van der Waals surface area contributed by atoms with E-state index in [-0.39, 0.29) is 0 Å². The molecule has 3 N–H and O–H groups in total. The van der Waals surface area contributed by atoms with Gasteiger partial charge in [0.05, 0.1) is 13.2 Å². The minimum absolute atomic E-state index is 0.490. The number of aliphatic carboxylic acids is 1. The Kier molecular flexibility index (Phi) is 4.76. The number of rotatable bonds is 2. The van der Waals surface area contributed by atoms with E-state index in [9.17, 15) is 0 Å². The number of hydrogen-bond donors (Lipinski definition) is 2. The van der Waals surface area contributed by atoms with Crippen LogP contribution in [0.25, 0.3) is 17.1 Å². The minimum Gasteiger partial charge on any atom is -0.481 e. The van der Waals surface area contributed by atoms with E-state index in [1.54, 1.807) is 12.4 Å². The average Bonchev–Trinajstić information content (AvgIpc) is 3.22. The normalized spacial score (nSPS) is 12.2. The van der Waals surface area contributed by atoms with Crippen LogP contribution in [0.5, 0.6) is 0 Å². The molecule has 0 unspecified atom stereocenters. The van der Waals surface area contributed by atoms with Crippen LogP contribution in [0.1, 0.15) is 18.1 Å². The van der Waals surface area contributed by atoms with E-state index in [1.165, 1.54) is 11.1 Å². The third-order valence-electron chi connectivity index (χ3n) is 3.66. The first-order valence-corrected chi connectivity index (χ1v) is 7.69. The van der Waals surface area contributed by atoms with Gasteiger partial charge in [-0.05, 0) is 35.4 Å². The fraction of sp³-hybridized carbons (Fsp3) is 0.167. The zero-order valence-electron chi connectivity index (χ0n) is 13.7. The molecule has 3 aromatic rings. The Bertz CT molecular complexity index is 901. The molecule has 128 valence electrons. The molecule has 0 aliphatic carbocycles. The fourth-order valence-electron chi connectivity index (χ4n) is 2.62. The second-order valence-electron chi connectivity index (χ2n) is 5.56. The van der Waals surface area contributed by atoms with Crippen molar-refractivity contribution < 1.29 is 14.6 Å². The molecule has 0 spiro atoms. The van der Waals surface area contributed by atoms with Gasteiger partial charge in [0.2, 0.25) is 0 Å². The number of ether oxygens (including phenoxy) is 1. The van der Waals surface area contributed by atoms with E-state index in [1.807, 2.05) is 22.9 Å². The van der Waals surface area contributed by atoms with Crippen LogP contribution in [0, 0.1) is 0 Å². The Hall–Kier alpha value is -3.19. The molecule has 0 atom stereocenters. The third-order valence-corrected chi connectivity index (χ3v) is 3.66. The molecule has 0 radical (unpaired) electrons. The van der Waals surface area contributed by atoms with Gasteiger partial charge >= 0.3 is 0 Å². The van der Waals surface area contributed by atoms with Crippen molar-refractivity contribution in [3.63, 3.8) is 0 Å². The Morgan fingerprint density at radius 1 is 1.16 bits per heavy atom. The lowest BCUT2D eigenvalue weighted by Crippen LogP contribution is -1.99. The van der Waals surface area contributed by atoms with Gasteiger partial charge in [-0.25, -0.2) is 9.97 Å². The lowest BCUT2D eigenvalue weighted by molar-refractivity contribution is -0.134. The van der Waals surface area contributed by atoms with Crippen LogP contribution in [0.4, 0.5) is 5.82 Å². The van der Waals surface area contributed by atoms with Gasteiger partial charge in [-0.15, -0.1) is 0 Å². The van der Waals surface area contributed by atoms with Crippen molar-refractivity contribution in [3.8, 4) is 17.1 Å². The van der Waals surface area contributed by atoms with Gasteiger partial charge < -0.3 is 15.6 Å². The molecule has 1 aliphatic heterocycles. The topological polar surface area (TPSA) is 103 Å². The number of nitrogen functional groups attached to an aromatic ring is 1. The largest absolute Gasteiger partial charge is 0.481 e. The number of carboxylic acid groups (broad SMARTS) is 1. The molecular formula is C18H18N4O3. The van der Waals surface area contributed by atoms with E-state index in [2.05, 4.69) is 28.2 Å². The first-order valence-electron chi connectivity index (χ1n) is 7.69. The molecule has 2 aromatic heterocycles. The maximum atomic E-state index is 9.00. The number of aromatic nitrogens is 3. The van der Waals surface area contributed by atoms with E-state index >= 15 is 0 Å². The van der Waals surface area contributed by atoms with Crippen LogP contribution in [0.3, 0.4) is 0 Å². The Morgan fingerprint density at radius 2 is 1.92 bits per heavy atom. The lowest BCUT2D eigenvalue weighted by Gasteiger charge is -2.09. The molecule has 0 saturated heterocycles. The van der Waals surface area contributed by atoms with Crippen molar-refractivity contribution in [3.05, 3.63) is 60.0 Å². The number of nitrogens with zero attached hydrogens (tertiary/aromatic N) is 3. The summed E-state index contributed by atoms with van der Waals surface area (Å²) in [5, 5.41) is 7.42. The molecule has 0 amide bonds. The standard InChI is InChI=1S/C16H14N4O.C2H4O2/c17-15-8-11(3-4-18-15)16-19-5-6-20(16)14-2-1-12-9-21-10-13(12)7-14;1-2(3)4/h1-8H,9-10H2,(H2,17,18);1H3,(H,3,4). The van der Waals surface area contributed by atoms with Crippen molar-refractivity contribution in [1.82, 2.24) is 14.5 Å². The Morgan fingerprint density at radius 3 is 2.68 bits per heavy atom. The number of anilines is 1. The maximum Gasteiger partial charge on any atom is 0.300 e. The second-order valence-corrected chi connectivity index (χ2v) is 5.56. The number of fused-ring (bicyclic) bond motifs is 1. The predicted octanol–water partition coefficient (Wildman–Crippen LogP) is 2.64. The predicted molar refractivity (Wildman–Crippen MR) is 93.0 cm³/mol. The molecule has 0 fully saturated rings. The zero-order valence-corrected chi connectivity index (χ0v) is 13.7. The number of nitrogens with two attached hydrogens (primary N) is 1. The van der Waals surface area contributed by atoms with Crippen LogP contribution >= 0.6 is 0 Å². The highest BCUT2D eigenvalue weighted by Crippen LogP contribution is 2.26. The maximum absolute atomic E-state index is 9.00. The van der Waals surface area contributed by atoms with Crippen molar-refractivity contribution in [1.29, 1.82) is 0 Å². The van der Waals surface area contributed by atoms with Crippen molar-refractivity contribution >= 4 is 11.8 Å². The van der Waals surface area contributed by atoms with Crippen LogP contribution in [0.15, 0.2) is 48.9 Å². The summed E-state index contributed by atoms with van der Waals surface area (Å²) in [6.07, 6.45) is 5.43. The molecule has 7 nitrogen and oxygen atoms in total. The molecule has 0 bridgehead atoms. The van der Waals surface area contributed by atoms with E-state index in [0.29, 0.717) is 19.0 Å². The first kappa shape index (κ1) is 16.7. The molecule has 3 heterocycles. The molecular weight excluding hydrogens is 320 g/mol. The summed E-state index contributed by atoms with van der Waals surface area (Å²) in [5.41, 5.74) is 10.3. The summed E-state index contributed by atoms with van der Waals surface area (Å²) in [6.45, 7) is 2.46. The second kappa shape index (κ2) is 7.14. The van der Waals surface area contributed by atoms with Gasteiger partial charge in [0.25, 0.3) is 5.97 Å². The summed E-state index contributed by atoms with van der Waals surface area (Å²) in [4.78, 5) is 17.5. The molecule has 25 heavy (non-hydrogen) atoms. The summed E-state index contributed by atoms with van der Waals surface area (Å²) in [7, 11) is 0. The van der Waals surface area contributed by atoms with Crippen LogP contribution < -0.4 is 5.73 Å². The number of imidazole rings is 1. The quantitative estimate of drug-likeness (QED) is 0.744. The highest BCUT2D eigenvalue weighted by Gasteiger charge is 2.14. The van der Waals surface area contributed by atoms with Crippen LogP contribution in [-0.4, -0.2) is 25.6 Å². The third kappa shape index (κ3) is 3.84. The van der Waals surface area contributed by atoms with Gasteiger partial charge in [0.1, 0.15) is 11.6 Å². The number of carboxylic acids is 1. The summed E-state index contributed by atoms with van der Waals surface area (Å²) in [6, 6.07) is 10.1. The van der Waals surface area contributed by atoms with Gasteiger partial charge in [-0.2, -0.15) is 0 Å². The lowest BCUT2D eigenvalue weighted by atomic mass is 10.1. The number of benzene rings is 1. The summed E-state index contributed by atoms with van der Waals surface area (Å²) < 4.78 is 7.52. The number of hydrogen-bond acceptors (Lipinski definition) is 5. The van der Waals surface area contributed by atoms with E-state index < -0.39 is 5.97 Å². The van der Waals surface area contributed by atoms with Crippen LogP contribution in [0.2, 0.25) is 0 Å². The van der Waals surface area contributed by atoms with E-state index in [0.717, 1.165) is 24.0 Å². The Balaban J connectivity index is 0.000000415. The highest BCUT2D eigenvalue weighted by atomic mass is 16.5. The first-order chi connectivity index (χ1) is 12.0. The molecule has 7 heteroatoms. The monoisotopic (exact) mass is 338 g/mol. The van der Waals surface area contributed by atoms with Gasteiger partial charge in [0, 0.05) is 36.8 Å². The van der Waals surface area contributed by atoms with Crippen molar-refractivity contribution in [2.24, 2.45) is 0 Å². The highest BCUT2D eigenvalue weighted by molar-refractivity contribution is 5.63. The van der Waals surface area contributed by atoms with Gasteiger partial charge in [-0.3, -0.25) is 9.36 Å². The van der Waals surface area contributed by atoms with Crippen LogP contribution in [-0.2, 0) is 22.7 Å². The molecule has 1 aromatic carbocycles. The summed E-state index contributed by atoms with van der Waals surface area (Å²) in [5.74, 6) is 0.507. The average molecular weight is 338 g/mol. The SMILES string of the molecule is CC(=O)O.Nc1cc(-c2nccn2-c2ccc3c(c2)COC3)ccn1. The minimum atomic E-state index is -0.833. The molecule has 4 rings (SSSR count). The smallest absolute Gasteiger partial charge is 0.300 e. The van der Waals surface area contributed by atoms with Gasteiger partial charge in [0.15, 0.2) is 0 Å². The van der Waals surface area contributed by atoms with Crippen molar-refractivity contribution in [2.75, 3.05) is 5.73 Å². The zero-order chi connectivity index (χ0) is 17.8. The van der Waals surface area contributed by atoms with Crippen molar-refractivity contribution in [2.45, 2.75) is 20.1 Å². The Labute approximate surface area is 144 Å². The number of pyridine rings is 1. The number of carbonyl (C=O) groups is 1. The van der Waals surface area contributed by atoms with E-state index in [4.69, 9.17) is 20.4 Å². The summed E-state index contributed by atoms with van der Waals surface area (Å²) >= 11 is 0.